The number of nitrogens with zero attached hydrogens (tertiary/aromatic N) is 1. The van der Waals surface area contributed by atoms with Crippen LogP contribution >= 0.6 is 0 Å². The monoisotopic (exact) mass is 497 g/mol. The van der Waals surface area contributed by atoms with Crippen LogP contribution in [0.5, 0.6) is 0 Å². The smallest absolute Gasteiger partial charge is 0.388 e. The first-order valence-electron chi connectivity index (χ1n) is 11.0. The second kappa shape index (κ2) is 11.2. The molecular formula is C26H25F6NO2. The van der Waals surface area contributed by atoms with Crippen molar-refractivity contribution in [2.45, 2.75) is 37.7 Å². The Morgan fingerprint density at radius 2 is 1.49 bits per heavy atom. The highest BCUT2D eigenvalue weighted by atomic mass is 19.4. The molecule has 2 aromatic carbocycles. The summed E-state index contributed by atoms with van der Waals surface area (Å²) in [4.78, 5) is 3.67. The van der Waals surface area contributed by atoms with Crippen LogP contribution in [0.15, 0.2) is 66.7 Å². The summed E-state index contributed by atoms with van der Waals surface area (Å²) in [6.45, 7) is 0.388. The molecule has 0 radical (unpaired) electrons. The highest BCUT2D eigenvalue weighted by Gasteiger charge is 2.37. The Hall–Kier alpha value is -2.91. The van der Waals surface area contributed by atoms with E-state index in [1.54, 1.807) is 7.11 Å². The van der Waals surface area contributed by atoms with Crippen LogP contribution in [0.1, 0.15) is 41.3 Å². The Bertz CT molecular complexity index is 1080. The minimum atomic E-state index is -4.85. The number of aliphatic hydroxyl groups is 1. The van der Waals surface area contributed by atoms with Crippen LogP contribution in [0.4, 0.5) is 26.3 Å². The number of aliphatic hydroxyl groups excluding tert-OH is 1. The number of halogens is 6. The summed E-state index contributed by atoms with van der Waals surface area (Å²) in [5, 5.41) is 10.6. The molecular weight excluding hydrogens is 472 g/mol. The summed E-state index contributed by atoms with van der Waals surface area (Å²) < 4.78 is 85.0. The van der Waals surface area contributed by atoms with E-state index in [0.717, 1.165) is 35.9 Å². The molecule has 0 fully saturated rings. The second-order valence-corrected chi connectivity index (χ2v) is 8.31. The number of ether oxygens (including phenoxy) is 1. The van der Waals surface area contributed by atoms with E-state index in [1.165, 1.54) is 6.07 Å². The summed E-state index contributed by atoms with van der Waals surface area (Å²) in [7, 11) is 1.54. The van der Waals surface area contributed by atoms with Gasteiger partial charge >= 0.3 is 12.4 Å². The Balaban J connectivity index is 1.80. The molecule has 1 aromatic heterocycles. The number of methoxy groups -OCH3 is 1. The number of hydrogen-bond donors (Lipinski definition) is 1. The highest BCUT2D eigenvalue weighted by molar-refractivity contribution is 5.60. The van der Waals surface area contributed by atoms with Crippen LogP contribution in [0, 0.1) is 5.92 Å². The number of hydrogen-bond acceptors (Lipinski definition) is 3. The van der Waals surface area contributed by atoms with Gasteiger partial charge < -0.3 is 9.84 Å². The first kappa shape index (κ1) is 26.7. The van der Waals surface area contributed by atoms with Crippen molar-refractivity contribution in [3.63, 3.8) is 0 Å². The predicted molar refractivity (Wildman–Crippen MR) is 119 cm³/mol. The van der Waals surface area contributed by atoms with Crippen molar-refractivity contribution < 1.29 is 36.2 Å². The van der Waals surface area contributed by atoms with Gasteiger partial charge in [-0.25, -0.2) is 4.98 Å². The Morgan fingerprint density at radius 3 is 2.06 bits per heavy atom. The van der Waals surface area contributed by atoms with E-state index in [9.17, 15) is 31.4 Å². The molecule has 1 heterocycles. The first-order valence-corrected chi connectivity index (χ1v) is 11.0. The number of pyridine rings is 1. The van der Waals surface area contributed by atoms with Gasteiger partial charge in [-0.05, 0) is 48.9 Å². The maximum absolute atomic E-state index is 13.8. The molecule has 0 saturated heterocycles. The van der Waals surface area contributed by atoms with Gasteiger partial charge in [0.2, 0.25) is 0 Å². The molecule has 2 atom stereocenters. The van der Waals surface area contributed by atoms with Gasteiger partial charge in [-0.15, -0.1) is 0 Å². The lowest BCUT2D eigenvalue weighted by atomic mass is 9.92. The molecule has 0 bridgehead atoms. The zero-order chi connectivity index (χ0) is 25.6. The van der Waals surface area contributed by atoms with Crippen LogP contribution < -0.4 is 0 Å². The molecule has 35 heavy (non-hydrogen) atoms. The normalized spacial score (nSPS) is 14.1. The van der Waals surface area contributed by atoms with Crippen LogP contribution in [-0.2, 0) is 23.5 Å². The number of rotatable bonds is 9. The van der Waals surface area contributed by atoms with Crippen molar-refractivity contribution in [2.75, 3.05) is 13.7 Å². The van der Waals surface area contributed by atoms with E-state index >= 15 is 0 Å². The van der Waals surface area contributed by atoms with E-state index in [-0.39, 0.29) is 29.2 Å². The maximum atomic E-state index is 13.8. The quantitative estimate of drug-likeness (QED) is 0.321. The fourth-order valence-corrected chi connectivity index (χ4v) is 3.93. The van der Waals surface area contributed by atoms with E-state index in [2.05, 4.69) is 4.98 Å². The summed E-state index contributed by atoms with van der Waals surface area (Å²) in [6, 6.07) is 15.7. The molecule has 3 aromatic rings. The van der Waals surface area contributed by atoms with Crippen LogP contribution in [0.2, 0.25) is 0 Å². The molecule has 0 spiro atoms. The lowest BCUT2D eigenvalue weighted by Crippen LogP contribution is -2.17. The zero-order valence-electron chi connectivity index (χ0n) is 18.9. The van der Waals surface area contributed by atoms with Gasteiger partial charge in [0.05, 0.1) is 17.4 Å². The fraction of sp³-hybridized carbons (Fsp3) is 0.346. The summed E-state index contributed by atoms with van der Waals surface area (Å²) in [6.07, 6.45) is -9.70. The van der Waals surface area contributed by atoms with E-state index in [0.29, 0.717) is 19.4 Å². The van der Waals surface area contributed by atoms with Crippen LogP contribution in [-0.4, -0.2) is 23.8 Å². The summed E-state index contributed by atoms with van der Waals surface area (Å²) in [5.74, 6) is -0.00855. The van der Waals surface area contributed by atoms with Crippen molar-refractivity contribution >= 4 is 0 Å². The molecule has 3 rings (SSSR count). The molecule has 188 valence electrons. The third-order valence-corrected chi connectivity index (χ3v) is 5.68. The van der Waals surface area contributed by atoms with Crippen LogP contribution in [0.25, 0.3) is 11.3 Å². The van der Waals surface area contributed by atoms with E-state index in [1.807, 2.05) is 30.3 Å². The number of aromatic nitrogens is 1. The molecule has 0 unspecified atom stereocenters. The molecule has 0 aliphatic heterocycles. The lowest BCUT2D eigenvalue weighted by Gasteiger charge is -2.21. The molecule has 1 N–H and O–H groups in total. The molecule has 9 heteroatoms. The van der Waals surface area contributed by atoms with Crippen molar-refractivity contribution in [1.29, 1.82) is 0 Å². The van der Waals surface area contributed by atoms with Gasteiger partial charge in [-0.2, -0.15) is 26.3 Å². The van der Waals surface area contributed by atoms with Gasteiger partial charge in [0.15, 0.2) is 5.69 Å². The Morgan fingerprint density at radius 1 is 0.829 bits per heavy atom. The van der Waals surface area contributed by atoms with Gasteiger partial charge in [0, 0.05) is 24.8 Å². The molecule has 3 nitrogen and oxygen atoms in total. The van der Waals surface area contributed by atoms with Gasteiger partial charge in [-0.1, -0.05) is 48.5 Å². The Kier molecular flexibility index (Phi) is 8.56. The molecule has 0 aliphatic carbocycles. The second-order valence-electron chi connectivity index (χ2n) is 8.31. The van der Waals surface area contributed by atoms with Crippen molar-refractivity contribution in [3.05, 3.63) is 89.1 Å². The third-order valence-electron chi connectivity index (χ3n) is 5.68. The Labute approximate surface area is 199 Å². The highest BCUT2D eigenvalue weighted by Crippen LogP contribution is 2.37. The van der Waals surface area contributed by atoms with Gasteiger partial charge in [0.25, 0.3) is 0 Å². The predicted octanol–water partition coefficient (Wildman–Crippen LogP) is 7.11. The van der Waals surface area contributed by atoms with Gasteiger partial charge in [0.1, 0.15) is 0 Å². The number of alkyl halides is 6. The van der Waals surface area contributed by atoms with E-state index < -0.39 is 29.7 Å². The molecule has 0 amide bonds. The summed E-state index contributed by atoms with van der Waals surface area (Å²) >= 11 is 0. The van der Waals surface area contributed by atoms with Crippen molar-refractivity contribution in [2.24, 2.45) is 5.92 Å². The fourth-order valence-electron chi connectivity index (χ4n) is 3.93. The maximum Gasteiger partial charge on any atom is 0.433 e. The van der Waals surface area contributed by atoms with Gasteiger partial charge in [-0.3, -0.25) is 0 Å². The van der Waals surface area contributed by atoms with Crippen molar-refractivity contribution in [3.8, 4) is 11.3 Å². The standard InChI is InChI=1S/C26H25F6NO2/c1-35-16-18(15-17-5-3-2-4-6-17)7-14-23(34)21-12-13-22(33-24(21)26(30,31)32)19-8-10-20(11-9-19)25(27,28)29/h2-6,8-13,18,23,34H,7,14-16H2,1H3/t18-,23+/m0/s1. The summed E-state index contributed by atoms with van der Waals surface area (Å²) in [5.41, 5.74) is -1.51. The van der Waals surface area contributed by atoms with E-state index in [4.69, 9.17) is 4.74 Å². The zero-order valence-corrected chi connectivity index (χ0v) is 18.9. The number of benzene rings is 2. The third kappa shape index (κ3) is 7.29. The van der Waals surface area contributed by atoms with Crippen LogP contribution in [0.3, 0.4) is 0 Å². The SMILES string of the molecule is COC[C@@H](CC[C@@H](O)c1ccc(-c2ccc(C(F)(F)F)cc2)nc1C(F)(F)F)Cc1ccccc1. The first-order chi connectivity index (χ1) is 16.5. The minimum absolute atomic E-state index is 0.00855. The largest absolute Gasteiger partial charge is 0.433 e. The minimum Gasteiger partial charge on any atom is -0.388 e. The lowest BCUT2D eigenvalue weighted by molar-refractivity contribution is -0.142. The molecule has 0 saturated carbocycles. The average molecular weight is 497 g/mol. The van der Waals surface area contributed by atoms with Crippen molar-refractivity contribution in [1.82, 2.24) is 4.98 Å². The molecule has 0 aliphatic rings. The average Bonchev–Trinajstić information content (AvgIpc) is 2.82. The topological polar surface area (TPSA) is 42.4 Å².